The molecule has 5 rings (SSSR count). The Balaban J connectivity index is 1.35. The average molecular weight is 685 g/mol. The maximum absolute atomic E-state index is 14.0. The van der Waals surface area contributed by atoms with E-state index >= 15 is 0 Å². The molecule has 3 N–H and O–H groups in total. The van der Waals surface area contributed by atoms with Crippen LogP contribution in [0.25, 0.3) is 0 Å². The van der Waals surface area contributed by atoms with Gasteiger partial charge in [-0.05, 0) is 99.7 Å². The van der Waals surface area contributed by atoms with Crippen molar-refractivity contribution in [2.45, 2.75) is 96.5 Å². The van der Waals surface area contributed by atoms with Crippen molar-refractivity contribution in [3.63, 3.8) is 0 Å². The molecule has 5 atom stereocenters. The first-order valence-corrected chi connectivity index (χ1v) is 18.0. The highest BCUT2D eigenvalue weighted by atomic mass is 19.1. The summed E-state index contributed by atoms with van der Waals surface area (Å²) in [4.78, 5) is 44.7. The zero-order valence-electron chi connectivity index (χ0n) is 30.1. The maximum Gasteiger partial charge on any atom is 0.253 e. The molecule has 3 aromatic carbocycles. The number of hydrogen-bond acceptors (Lipinski definition) is 5. The second kappa shape index (κ2) is 16.3. The van der Waals surface area contributed by atoms with Gasteiger partial charge in [-0.1, -0.05) is 67.8 Å². The number of amides is 3. The Kier molecular flexibility index (Phi) is 12.1. The Labute approximate surface area is 296 Å². The Bertz CT molecular complexity index is 1620. The van der Waals surface area contributed by atoms with Gasteiger partial charge in [0.1, 0.15) is 5.82 Å². The van der Waals surface area contributed by atoms with Gasteiger partial charge in [0.2, 0.25) is 5.91 Å². The number of rotatable bonds is 11. The van der Waals surface area contributed by atoms with Gasteiger partial charge in [0.15, 0.2) is 0 Å². The van der Waals surface area contributed by atoms with Crippen LogP contribution in [0.2, 0.25) is 0 Å². The van der Waals surface area contributed by atoms with Gasteiger partial charge in [0, 0.05) is 43.3 Å². The van der Waals surface area contributed by atoms with Crippen LogP contribution in [0.1, 0.15) is 90.3 Å². The number of likely N-dealkylation sites (tertiary alicyclic amines) is 1. The molecule has 0 radical (unpaired) electrons. The third-order valence-corrected chi connectivity index (χ3v) is 10.2. The molecule has 3 aromatic rings. The SMILES string of the molecule is Cc1ccc(C(=O)N(C)Cc2ccc(F)cc2)cc1C(=O)N[C@@H](Cc1ccccc1)[C@@H](O)CN1C[C@H]2CCCC[C@H]2C[C@H]1C(=O)NC(C)(C)C. The second-order valence-corrected chi connectivity index (χ2v) is 15.4. The van der Waals surface area contributed by atoms with Crippen molar-refractivity contribution in [1.82, 2.24) is 20.4 Å². The van der Waals surface area contributed by atoms with Crippen molar-refractivity contribution in [2.24, 2.45) is 11.8 Å². The van der Waals surface area contributed by atoms with Crippen LogP contribution in [0.15, 0.2) is 72.8 Å². The van der Waals surface area contributed by atoms with E-state index in [-0.39, 0.29) is 48.2 Å². The minimum atomic E-state index is -0.962. The number of halogens is 1. The summed E-state index contributed by atoms with van der Waals surface area (Å²) < 4.78 is 13.4. The number of β-amino-alcohol motifs (C(OH)–C–C–N with tert-alkyl or cyclic N) is 1. The van der Waals surface area contributed by atoms with Gasteiger partial charge in [-0.25, -0.2) is 4.39 Å². The van der Waals surface area contributed by atoms with E-state index in [0.29, 0.717) is 34.9 Å². The van der Waals surface area contributed by atoms with Gasteiger partial charge in [0.25, 0.3) is 11.8 Å². The van der Waals surface area contributed by atoms with Crippen LogP contribution in [0.4, 0.5) is 4.39 Å². The highest BCUT2D eigenvalue weighted by Crippen LogP contribution is 2.39. The second-order valence-electron chi connectivity index (χ2n) is 15.4. The van der Waals surface area contributed by atoms with E-state index < -0.39 is 12.1 Å². The van der Waals surface area contributed by atoms with Gasteiger partial charge in [0.05, 0.1) is 18.2 Å². The minimum absolute atomic E-state index is 0.0149. The van der Waals surface area contributed by atoms with Crippen molar-refractivity contribution >= 4 is 17.7 Å². The van der Waals surface area contributed by atoms with Crippen molar-refractivity contribution < 1.29 is 23.9 Å². The lowest BCUT2D eigenvalue weighted by atomic mass is 9.72. The van der Waals surface area contributed by atoms with Gasteiger partial charge in [-0.3, -0.25) is 19.3 Å². The smallest absolute Gasteiger partial charge is 0.253 e. The molecule has 1 aliphatic heterocycles. The summed E-state index contributed by atoms with van der Waals surface area (Å²) in [5.74, 6) is -0.0197. The number of fused-ring (bicyclic) bond motifs is 1. The molecule has 1 aliphatic carbocycles. The number of aryl methyl sites for hydroxylation is 1. The fraction of sp³-hybridized carbons (Fsp3) is 0.488. The van der Waals surface area contributed by atoms with Crippen molar-refractivity contribution in [3.05, 3.63) is 106 Å². The molecular formula is C41H53FN4O4. The van der Waals surface area contributed by atoms with E-state index in [1.54, 1.807) is 37.4 Å². The Morgan fingerprint density at radius 3 is 2.32 bits per heavy atom. The number of carbonyl (C=O) groups is 3. The molecule has 0 spiro atoms. The largest absolute Gasteiger partial charge is 0.390 e. The van der Waals surface area contributed by atoms with Crippen LogP contribution in [-0.2, 0) is 17.8 Å². The molecule has 1 heterocycles. The number of aliphatic hydroxyl groups is 1. The first-order valence-electron chi connectivity index (χ1n) is 18.0. The van der Waals surface area contributed by atoms with Gasteiger partial charge in [-0.2, -0.15) is 0 Å². The molecule has 3 amide bonds. The van der Waals surface area contributed by atoms with Gasteiger partial charge < -0.3 is 20.6 Å². The van der Waals surface area contributed by atoms with Crippen LogP contribution in [-0.4, -0.2) is 76.5 Å². The highest BCUT2D eigenvalue weighted by molar-refractivity contribution is 6.00. The lowest BCUT2D eigenvalue weighted by Crippen LogP contribution is -2.60. The molecule has 1 saturated heterocycles. The van der Waals surface area contributed by atoms with E-state index in [9.17, 15) is 23.9 Å². The fourth-order valence-corrected chi connectivity index (χ4v) is 7.55. The number of benzene rings is 3. The zero-order valence-corrected chi connectivity index (χ0v) is 30.1. The summed E-state index contributed by atoms with van der Waals surface area (Å²) in [5, 5.41) is 18.2. The minimum Gasteiger partial charge on any atom is -0.390 e. The van der Waals surface area contributed by atoms with Crippen LogP contribution in [0, 0.1) is 24.6 Å². The van der Waals surface area contributed by atoms with E-state index in [2.05, 4.69) is 15.5 Å². The lowest BCUT2D eigenvalue weighted by molar-refractivity contribution is -0.132. The lowest BCUT2D eigenvalue weighted by Gasteiger charge is -2.47. The molecule has 8 nitrogen and oxygen atoms in total. The number of nitrogens with zero attached hydrogens (tertiary/aromatic N) is 2. The number of piperidine rings is 1. The normalized spacial score (nSPS) is 20.7. The summed E-state index contributed by atoms with van der Waals surface area (Å²) >= 11 is 0. The first kappa shape index (κ1) is 37.2. The molecular weight excluding hydrogens is 631 g/mol. The average Bonchev–Trinajstić information content (AvgIpc) is 3.08. The van der Waals surface area contributed by atoms with Gasteiger partial charge in [-0.15, -0.1) is 0 Å². The number of carbonyl (C=O) groups excluding carboxylic acids is 3. The molecule has 9 heteroatoms. The predicted octanol–water partition coefficient (Wildman–Crippen LogP) is 5.90. The fourth-order valence-electron chi connectivity index (χ4n) is 7.55. The molecule has 2 fully saturated rings. The third-order valence-electron chi connectivity index (χ3n) is 10.2. The quantitative estimate of drug-likeness (QED) is 0.234. The molecule has 50 heavy (non-hydrogen) atoms. The Morgan fingerprint density at radius 2 is 1.64 bits per heavy atom. The van der Waals surface area contributed by atoms with E-state index in [1.807, 2.05) is 58.0 Å². The number of hydrogen-bond donors (Lipinski definition) is 3. The standard InChI is InChI=1S/C41H53FN4O4/c1-27-15-18-31(40(50)45(5)24-29-16-19-33(42)20-17-29)22-34(27)38(48)43-35(21-28-11-7-6-8-12-28)37(47)26-46-25-32-14-10-9-13-30(32)23-36(46)39(49)44-41(2,3)4/h6-8,11-12,15-20,22,30,32,35-37,47H,9-10,13-14,21,23-26H2,1-5H3,(H,43,48)(H,44,49)/t30-,32+,35-,36-,37-/m0/s1. The topological polar surface area (TPSA) is 102 Å². The molecule has 1 saturated carbocycles. The first-order chi connectivity index (χ1) is 23.8. The summed E-state index contributed by atoms with van der Waals surface area (Å²) in [6, 6.07) is 19.8. The van der Waals surface area contributed by atoms with E-state index in [1.165, 1.54) is 29.9 Å². The molecule has 0 unspecified atom stereocenters. The van der Waals surface area contributed by atoms with Crippen molar-refractivity contribution in [2.75, 3.05) is 20.1 Å². The third kappa shape index (κ3) is 9.79. The number of aliphatic hydroxyl groups excluding tert-OH is 1. The molecule has 268 valence electrons. The summed E-state index contributed by atoms with van der Waals surface area (Å²) in [6.45, 7) is 9.04. The summed E-state index contributed by atoms with van der Waals surface area (Å²) in [5.41, 5.74) is 2.78. The van der Waals surface area contributed by atoms with E-state index in [4.69, 9.17) is 0 Å². The summed E-state index contributed by atoms with van der Waals surface area (Å²) in [6.07, 6.45) is 4.84. The van der Waals surface area contributed by atoms with Crippen LogP contribution in [0.3, 0.4) is 0 Å². The van der Waals surface area contributed by atoms with Crippen molar-refractivity contribution in [3.8, 4) is 0 Å². The molecule has 2 aliphatic rings. The Hall–Kier alpha value is -4.08. The maximum atomic E-state index is 14.0. The molecule has 0 aromatic heterocycles. The van der Waals surface area contributed by atoms with Crippen molar-refractivity contribution in [1.29, 1.82) is 0 Å². The summed E-state index contributed by atoms with van der Waals surface area (Å²) in [7, 11) is 1.67. The highest BCUT2D eigenvalue weighted by Gasteiger charge is 2.42. The monoisotopic (exact) mass is 684 g/mol. The van der Waals surface area contributed by atoms with Gasteiger partial charge >= 0.3 is 0 Å². The van der Waals surface area contributed by atoms with Crippen LogP contribution < -0.4 is 10.6 Å². The molecule has 0 bridgehead atoms. The predicted molar refractivity (Wildman–Crippen MR) is 194 cm³/mol. The zero-order chi connectivity index (χ0) is 36.0. The van der Waals surface area contributed by atoms with E-state index in [0.717, 1.165) is 36.9 Å². The number of nitrogens with one attached hydrogen (secondary N) is 2. The van der Waals surface area contributed by atoms with Crippen LogP contribution in [0.5, 0.6) is 0 Å². The van der Waals surface area contributed by atoms with Crippen LogP contribution >= 0.6 is 0 Å². The Morgan fingerprint density at radius 1 is 0.960 bits per heavy atom.